The number of anilines is 1. The third-order valence-electron chi connectivity index (χ3n) is 3.28. The Bertz CT molecular complexity index is 718. The van der Waals surface area contributed by atoms with E-state index >= 15 is 0 Å². The predicted molar refractivity (Wildman–Crippen MR) is 83.5 cm³/mol. The Morgan fingerprint density at radius 3 is 2.91 bits per heavy atom. The summed E-state index contributed by atoms with van der Waals surface area (Å²) >= 11 is 1.03. The van der Waals surface area contributed by atoms with Gasteiger partial charge >= 0.3 is 6.03 Å². The number of carbonyl (C=O) groups is 2. The molecule has 2 aromatic rings. The number of urea groups is 1. The molecule has 0 spiro atoms. The van der Waals surface area contributed by atoms with Gasteiger partial charge in [0.2, 0.25) is 11.0 Å². The third kappa shape index (κ3) is 3.81. The molecule has 0 unspecified atom stereocenters. The summed E-state index contributed by atoms with van der Waals surface area (Å²) in [5, 5.41) is 5.64. The molecule has 120 valence electrons. The van der Waals surface area contributed by atoms with Crippen LogP contribution in [0.25, 0.3) is 11.4 Å². The van der Waals surface area contributed by atoms with E-state index in [2.05, 4.69) is 20.0 Å². The molecule has 1 aromatic carbocycles. The number of hydrogen-bond donors (Lipinski definition) is 2. The molecule has 0 saturated carbocycles. The fourth-order valence-corrected chi connectivity index (χ4v) is 2.76. The zero-order valence-electron chi connectivity index (χ0n) is 12.1. The number of nitrogens with zero attached hydrogens (tertiary/aromatic N) is 3. The third-order valence-corrected chi connectivity index (χ3v) is 3.91. The molecule has 0 bridgehead atoms. The monoisotopic (exact) mass is 335 g/mol. The van der Waals surface area contributed by atoms with Crippen molar-refractivity contribution < 1.29 is 14.0 Å². The molecular formula is C14H14FN5O2S. The van der Waals surface area contributed by atoms with Crippen LogP contribution >= 0.6 is 11.5 Å². The Kier molecular flexibility index (Phi) is 4.47. The molecule has 9 heteroatoms. The molecular weight excluding hydrogens is 321 g/mol. The van der Waals surface area contributed by atoms with Gasteiger partial charge in [0.15, 0.2) is 5.82 Å². The molecule has 1 fully saturated rings. The molecule has 2 heterocycles. The lowest BCUT2D eigenvalue weighted by Crippen LogP contribution is -2.49. The minimum atomic E-state index is -0.336. The molecule has 0 aliphatic carbocycles. The van der Waals surface area contributed by atoms with E-state index in [1.807, 2.05) is 0 Å². The highest BCUT2D eigenvalue weighted by Crippen LogP contribution is 2.21. The standard InChI is InChI=1S/C14H14FN5O2S/c15-10-4-2-9(3-5-10)12-18-13(23-19-12)17-11(21)8-20-7-1-6-16-14(20)22/h2-5H,1,6-8H2,(H,16,22)(H,17,18,19,21). The number of hydrogen-bond acceptors (Lipinski definition) is 5. The van der Waals surface area contributed by atoms with E-state index in [4.69, 9.17) is 0 Å². The second-order valence-corrected chi connectivity index (χ2v) is 5.74. The molecule has 3 amide bonds. The van der Waals surface area contributed by atoms with E-state index in [0.29, 0.717) is 29.6 Å². The van der Waals surface area contributed by atoms with Crippen molar-refractivity contribution in [3.05, 3.63) is 30.1 Å². The lowest BCUT2D eigenvalue weighted by Gasteiger charge is -2.26. The van der Waals surface area contributed by atoms with Gasteiger partial charge in [-0.1, -0.05) is 0 Å². The van der Waals surface area contributed by atoms with Crippen LogP contribution in [-0.2, 0) is 4.79 Å². The van der Waals surface area contributed by atoms with Crippen molar-refractivity contribution in [1.82, 2.24) is 19.6 Å². The number of carbonyl (C=O) groups excluding carboxylic acids is 2. The Morgan fingerprint density at radius 2 is 2.17 bits per heavy atom. The van der Waals surface area contributed by atoms with Gasteiger partial charge in [0.1, 0.15) is 12.4 Å². The van der Waals surface area contributed by atoms with E-state index in [-0.39, 0.29) is 24.3 Å². The summed E-state index contributed by atoms with van der Waals surface area (Å²) < 4.78 is 17.0. The normalized spacial score (nSPS) is 14.5. The molecule has 3 rings (SSSR count). The topological polar surface area (TPSA) is 87.2 Å². The summed E-state index contributed by atoms with van der Waals surface area (Å²) in [5.41, 5.74) is 0.665. The summed E-state index contributed by atoms with van der Waals surface area (Å²) in [4.78, 5) is 29.2. The zero-order valence-corrected chi connectivity index (χ0v) is 12.9. The van der Waals surface area contributed by atoms with E-state index in [0.717, 1.165) is 18.0 Å². The SMILES string of the molecule is O=C(CN1CCCNC1=O)Nc1nc(-c2ccc(F)cc2)ns1. The van der Waals surface area contributed by atoms with Crippen LogP contribution < -0.4 is 10.6 Å². The lowest BCUT2D eigenvalue weighted by molar-refractivity contribution is -0.116. The van der Waals surface area contributed by atoms with Gasteiger partial charge in [-0.15, -0.1) is 0 Å². The second kappa shape index (κ2) is 6.69. The number of amides is 3. The van der Waals surface area contributed by atoms with E-state index in [1.54, 1.807) is 12.1 Å². The van der Waals surface area contributed by atoms with Gasteiger partial charge in [-0.3, -0.25) is 10.1 Å². The van der Waals surface area contributed by atoms with Crippen LogP contribution in [0.2, 0.25) is 0 Å². The van der Waals surface area contributed by atoms with Gasteiger partial charge in [-0.2, -0.15) is 9.36 Å². The van der Waals surface area contributed by atoms with Gasteiger partial charge in [-0.05, 0) is 30.7 Å². The van der Waals surface area contributed by atoms with Crippen molar-refractivity contribution in [2.75, 3.05) is 25.0 Å². The highest BCUT2D eigenvalue weighted by Gasteiger charge is 2.20. The van der Waals surface area contributed by atoms with Crippen LogP contribution in [0, 0.1) is 5.82 Å². The van der Waals surface area contributed by atoms with Gasteiger partial charge in [0, 0.05) is 30.2 Å². The van der Waals surface area contributed by atoms with Gasteiger partial charge in [-0.25, -0.2) is 9.18 Å². The first-order valence-electron chi connectivity index (χ1n) is 7.04. The predicted octanol–water partition coefficient (Wildman–Crippen LogP) is 1.70. The Balaban J connectivity index is 1.61. The molecule has 2 N–H and O–H groups in total. The Labute approximate surface area is 135 Å². The van der Waals surface area contributed by atoms with Gasteiger partial charge in [0.05, 0.1) is 0 Å². The summed E-state index contributed by atoms with van der Waals surface area (Å²) in [6.07, 6.45) is 0.812. The van der Waals surface area contributed by atoms with Crippen molar-refractivity contribution >= 4 is 28.6 Å². The van der Waals surface area contributed by atoms with Crippen molar-refractivity contribution in [2.24, 2.45) is 0 Å². The summed E-state index contributed by atoms with van der Waals surface area (Å²) in [5.74, 6) is -0.248. The molecule has 1 aromatic heterocycles. The summed E-state index contributed by atoms with van der Waals surface area (Å²) in [7, 11) is 0. The molecule has 0 radical (unpaired) electrons. The lowest BCUT2D eigenvalue weighted by atomic mass is 10.2. The van der Waals surface area contributed by atoms with Crippen molar-refractivity contribution in [2.45, 2.75) is 6.42 Å². The average Bonchev–Trinajstić information content (AvgIpc) is 2.98. The number of benzene rings is 1. The van der Waals surface area contributed by atoms with Crippen molar-refractivity contribution in [3.8, 4) is 11.4 Å². The molecule has 0 atom stereocenters. The first-order chi connectivity index (χ1) is 11.1. The average molecular weight is 335 g/mol. The van der Waals surface area contributed by atoms with Crippen LogP contribution in [0.4, 0.5) is 14.3 Å². The zero-order chi connectivity index (χ0) is 16.2. The van der Waals surface area contributed by atoms with Gasteiger partial charge < -0.3 is 10.2 Å². The molecule has 7 nitrogen and oxygen atoms in total. The van der Waals surface area contributed by atoms with E-state index in [9.17, 15) is 14.0 Å². The first-order valence-corrected chi connectivity index (χ1v) is 7.81. The Morgan fingerprint density at radius 1 is 1.39 bits per heavy atom. The fraction of sp³-hybridized carbons (Fsp3) is 0.286. The van der Waals surface area contributed by atoms with Crippen LogP contribution in [0.3, 0.4) is 0 Å². The fourth-order valence-electron chi connectivity index (χ4n) is 2.15. The second-order valence-electron chi connectivity index (χ2n) is 4.99. The molecule has 1 aliphatic rings. The molecule has 1 saturated heterocycles. The number of rotatable bonds is 4. The highest BCUT2D eigenvalue weighted by atomic mass is 32.1. The highest BCUT2D eigenvalue weighted by molar-refractivity contribution is 7.10. The van der Waals surface area contributed by atoms with Crippen molar-refractivity contribution in [3.63, 3.8) is 0 Å². The summed E-state index contributed by atoms with van der Waals surface area (Å²) in [6.45, 7) is 1.15. The maximum Gasteiger partial charge on any atom is 0.317 e. The Hall–Kier alpha value is -2.55. The number of nitrogens with one attached hydrogen (secondary N) is 2. The minimum absolute atomic E-state index is 0.0305. The van der Waals surface area contributed by atoms with E-state index < -0.39 is 0 Å². The van der Waals surface area contributed by atoms with Crippen LogP contribution in [0.15, 0.2) is 24.3 Å². The quantitative estimate of drug-likeness (QED) is 0.890. The molecule has 23 heavy (non-hydrogen) atoms. The van der Waals surface area contributed by atoms with Crippen LogP contribution in [0.1, 0.15) is 6.42 Å². The smallest absolute Gasteiger partial charge is 0.317 e. The largest absolute Gasteiger partial charge is 0.338 e. The van der Waals surface area contributed by atoms with Crippen LogP contribution in [-0.4, -0.2) is 45.8 Å². The maximum atomic E-state index is 12.9. The summed E-state index contributed by atoms with van der Waals surface area (Å²) in [6, 6.07) is 5.55. The van der Waals surface area contributed by atoms with Crippen LogP contribution in [0.5, 0.6) is 0 Å². The maximum absolute atomic E-state index is 12.9. The van der Waals surface area contributed by atoms with Crippen molar-refractivity contribution in [1.29, 1.82) is 0 Å². The number of halogens is 1. The molecule has 1 aliphatic heterocycles. The first kappa shape index (κ1) is 15.3. The number of aromatic nitrogens is 2. The van der Waals surface area contributed by atoms with Gasteiger partial charge in [0.25, 0.3) is 0 Å². The minimum Gasteiger partial charge on any atom is -0.338 e. The van der Waals surface area contributed by atoms with E-state index in [1.165, 1.54) is 17.0 Å².